The third-order valence-electron chi connectivity index (χ3n) is 3.99. The van der Waals surface area contributed by atoms with Crippen molar-refractivity contribution in [3.8, 4) is 0 Å². The first-order valence-electron chi connectivity index (χ1n) is 7.82. The van der Waals surface area contributed by atoms with Crippen molar-refractivity contribution in [2.24, 2.45) is 0 Å². The molecular weight excluding hydrogens is 306 g/mol. The fourth-order valence-electron chi connectivity index (χ4n) is 2.51. The number of benzene rings is 1. The average molecular weight is 325 g/mol. The fourth-order valence-corrected chi connectivity index (χ4v) is 2.51. The van der Waals surface area contributed by atoms with Gasteiger partial charge in [-0.25, -0.2) is 0 Å². The molecule has 0 bridgehead atoms. The summed E-state index contributed by atoms with van der Waals surface area (Å²) in [5, 5.41) is 11.0. The first kappa shape index (κ1) is 15.9. The molecule has 7 heteroatoms. The van der Waals surface area contributed by atoms with Gasteiger partial charge < -0.3 is 15.1 Å². The summed E-state index contributed by atoms with van der Waals surface area (Å²) < 4.78 is 0. The summed E-state index contributed by atoms with van der Waals surface area (Å²) in [7, 11) is 0. The molecule has 0 spiro atoms. The maximum Gasteiger partial charge on any atom is 0.256 e. The molecule has 1 aromatic heterocycles. The van der Waals surface area contributed by atoms with Gasteiger partial charge >= 0.3 is 0 Å². The number of rotatable bonds is 4. The molecule has 1 saturated heterocycles. The molecule has 2 heterocycles. The molecule has 3 rings (SSSR count). The second-order valence-electron chi connectivity index (χ2n) is 5.73. The molecule has 24 heavy (non-hydrogen) atoms. The topological polar surface area (TPSA) is 78.4 Å². The van der Waals surface area contributed by atoms with Crippen LogP contribution in [0.3, 0.4) is 0 Å². The normalized spacial score (nSPS) is 14.4. The quantitative estimate of drug-likeness (QED) is 0.858. The number of amides is 2. The highest BCUT2D eigenvalue weighted by molar-refractivity contribution is 6.03. The molecule has 0 atom stereocenters. The highest BCUT2D eigenvalue weighted by atomic mass is 16.1. The van der Waals surface area contributed by atoms with Gasteiger partial charge in [0.05, 0.1) is 0 Å². The smallest absolute Gasteiger partial charge is 0.256 e. The van der Waals surface area contributed by atoms with E-state index < -0.39 is 0 Å². The molecule has 1 fully saturated rings. The third-order valence-corrected chi connectivity index (χ3v) is 3.99. The Morgan fingerprint density at radius 2 is 1.75 bits per heavy atom. The van der Waals surface area contributed by atoms with E-state index in [1.165, 1.54) is 0 Å². The van der Waals surface area contributed by atoms with Crippen LogP contribution in [0.15, 0.2) is 36.4 Å². The number of carbonyl (C=O) groups is 2. The Kier molecular flexibility index (Phi) is 4.69. The van der Waals surface area contributed by atoms with Crippen LogP contribution in [0.1, 0.15) is 15.9 Å². The number of hydrogen-bond donors (Lipinski definition) is 1. The highest BCUT2D eigenvalue weighted by Gasteiger charge is 2.17. The van der Waals surface area contributed by atoms with Gasteiger partial charge in [-0.1, -0.05) is 17.7 Å². The largest absolute Gasteiger partial charge is 0.352 e. The highest BCUT2D eigenvalue weighted by Crippen LogP contribution is 2.14. The molecule has 0 radical (unpaired) electrons. The van der Waals surface area contributed by atoms with Crippen LogP contribution < -0.4 is 10.2 Å². The molecule has 1 aliphatic heterocycles. The van der Waals surface area contributed by atoms with Gasteiger partial charge in [-0.2, -0.15) is 0 Å². The maximum atomic E-state index is 12.2. The van der Waals surface area contributed by atoms with Crippen molar-refractivity contribution >= 4 is 24.0 Å². The van der Waals surface area contributed by atoms with Crippen molar-refractivity contribution < 1.29 is 9.59 Å². The summed E-state index contributed by atoms with van der Waals surface area (Å²) in [5.74, 6) is 0.946. The van der Waals surface area contributed by atoms with Crippen LogP contribution in [-0.4, -0.2) is 53.6 Å². The molecule has 1 aliphatic rings. The maximum absolute atomic E-state index is 12.2. The van der Waals surface area contributed by atoms with Gasteiger partial charge in [-0.15, -0.1) is 10.2 Å². The molecule has 2 aromatic rings. The molecule has 1 N–H and O–H groups in total. The molecule has 0 saturated carbocycles. The summed E-state index contributed by atoms with van der Waals surface area (Å²) in [6.45, 7) is 4.78. The zero-order valence-electron chi connectivity index (χ0n) is 13.5. The Morgan fingerprint density at radius 1 is 1.04 bits per heavy atom. The monoisotopic (exact) mass is 325 g/mol. The van der Waals surface area contributed by atoms with Crippen molar-refractivity contribution in [1.82, 2.24) is 15.1 Å². The molecule has 124 valence electrons. The lowest BCUT2D eigenvalue weighted by atomic mass is 10.1. The van der Waals surface area contributed by atoms with Crippen LogP contribution >= 0.6 is 0 Å². The number of anilines is 2. The Labute approximate surface area is 140 Å². The zero-order valence-corrected chi connectivity index (χ0v) is 13.5. The number of nitrogens with one attached hydrogen (secondary N) is 1. The second kappa shape index (κ2) is 7.08. The molecule has 2 amide bonds. The Morgan fingerprint density at radius 3 is 2.33 bits per heavy atom. The van der Waals surface area contributed by atoms with Crippen LogP contribution in [-0.2, 0) is 4.79 Å². The van der Waals surface area contributed by atoms with E-state index in [0.717, 1.165) is 30.9 Å². The van der Waals surface area contributed by atoms with Gasteiger partial charge in [0.15, 0.2) is 11.6 Å². The third kappa shape index (κ3) is 3.68. The van der Waals surface area contributed by atoms with Gasteiger partial charge in [-0.3, -0.25) is 9.59 Å². The summed E-state index contributed by atoms with van der Waals surface area (Å²) in [4.78, 5) is 26.7. The lowest BCUT2D eigenvalue weighted by Crippen LogP contribution is -2.46. The number of nitrogens with zero attached hydrogens (tertiary/aromatic N) is 4. The van der Waals surface area contributed by atoms with Crippen molar-refractivity contribution in [3.63, 3.8) is 0 Å². The van der Waals surface area contributed by atoms with E-state index in [4.69, 9.17) is 0 Å². The van der Waals surface area contributed by atoms with Crippen LogP contribution in [0, 0.1) is 6.92 Å². The minimum Gasteiger partial charge on any atom is -0.352 e. The summed E-state index contributed by atoms with van der Waals surface area (Å²) in [5.41, 5.74) is 1.68. The summed E-state index contributed by atoms with van der Waals surface area (Å²) in [6, 6.07) is 10.9. The van der Waals surface area contributed by atoms with Gasteiger partial charge in [0.25, 0.3) is 5.91 Å². The lowest BCUT2D eigenvalue weighted by molar-refractivity contribution is -0.118. The van der Waals surface area contributed by atoms with E-state index in [1.807, 2.05) is 25.1 Å². The summed E-state index contributed by atoms with van der Waals surface area (Å²) >= 11 is 0. The number of aromatic nitrogens is 2. The van der Waals surface area contributed by atoms with E-state index in [9.17, 15) is 9.59 Å². The first-order valence-corrected chi connectivity index (χ1v) is 7.82. The van der Waals surface area contributed by atoms with Gasteiger partial charge in [0, 0.05) is 31.7 Å². The van der Waals surface area contributed by atoms with E-state index in [-0.39, 0.29) is 5.91 Å². The number of carbonyl (C=O) groups excluding carboxylic acids is 2. The molecule has 1 aromatic carbocycles. The van der Waals surface area contributed by atoms with E-state index in [1.54, 1.807) is 23.1 Å². The van der Waals surface area contributed by atoms with E-state index in [0.29, 0.717) is 24.5 Å². The molecule has 0 unspecified atom stereocenters. The van der Waals surface area contributed by atoms with Crippen LogP contribution in [0.5, 0.6) is 0 Å². The van der Waals surface area contributed by atoms with Crippen molar-refractivity contribution in [2.45, 2.75) is 6.92 Å². The predicted octanol–water partition coefficient (Wildman–Crippen LogP) is 1.32. The van der Waals surface area contributed by atoms with Crippen molar-refractivity contribution in [2.75, 3.05) is 36.4 Å². The van der Waals surface area contributed by atoms with Crippen LogP contribution in [0.2, 0.25) is 0 Å². The van der Waals surface area contributed by atoms with Crippen LogP contribution in [0.25, 0.3) is 0 Å². The van der Waals surface area contributed by atoms with Gasteiger partial charge in [0.2, 0.25) is 6.41 Å². The van der Waals surface area contributed by atoms with E-state index in [2.05, 4.69) is 20.4 Å². The standard InChI is InChI=1S/C17H19N5O2/c1-13-2-4-14(5-3-13)17(24)18-15-6-7-16(20-19-15)22-10-8-21(12-23)9-11-22/h2-7,12H,8-11H2,1H3,(H,18,19,24). The minimum atomic E-state index is -0.211. The minimum absolute atomic E-state index is 0.211. The lowest BCUT2D eigenvalue weighted by Gasteiger charge is -2.32. The van der Waals surface area contributed by atoms with Gasteiger partial charge in [-0.05, 0) is 31.2 Å². The number of aryl methyl sites for hydroxylation is 1. The van der Waals surface area contributed by atoms with Crippen molar-refractivity contribution in [3.05, 3.63) is 47.5 Å². The Hall–Kier alpha value is -2.96. The van der Waals surface area contributed by atoms with E-state index >= 15 is 0 Å². The molecular formula is C17H19N5O2. The molecule has 0 aliphatic carbocycles. The van der Waals surface area contributed by atoms with Crippen molar-refractivity contribution in [1.29, 1.82) is 0 Å². The molecule has 7 nitrogen and oxygen atoms in total. The first-order chi connectivity index (χ1) is 11.7. The number of hydrogen-bond acceptors (Lipinski definition) is 5. The predicted molar refractivity (Wildman–Crippen MR) is 91.0 cm³/mol. The zero-order chi connectivity index (χ0) is 16.9. The number of piperazine rings is 1. The SMILES string of the molecule is Cc1ccc(C(=O)Nc2ccc(N3CCN(C=O)CC3)nn2)cc1. The van der Waals surface area contributed by atoms with Gasteiger partial charge in [0.1, 0.15) is 0 Å². The summed E-state index contributed by atoms with van der Waals surface area (Å²) in [6.07, 6.45) is 0.868. The Balaban J connectivity index is 1.61. The van der Waals surface area contributed by atoms with Crippen LogP contribution in [0.4, 0.5) is 11.6 Å². The Bertz CT molecular complexity index is 707. The fraction of sp³-hybridized carbons (Fsp3) is 0.294. The second-order valence-corrected chi connectivity index (χ2v) is 5.73. The average Bonchev–Trinajstić information content (AvgIpc) is 2.63.